The highest BCUT2D eigenvalue weighted by atomic mass is 35.5. The van der Waals surface area contributed by atoms with Crippen LogP contribution in [0.1, 0.15) is 11.1 Å². The lowest BCUT2D eigenvalue weighted by Crippen LogP contribution is -2.19. The van der Waals surface area contributed by atoms with Gasteiger partial charge in [-0.3, -0.25) is 5.41 Å². The molecule has 2 rings (SSSR count). The number of nitrogens with two attached hydrogens (primary N) is 1. The Labute approximate surface area is 116 Å². The van der Waals surface area contributed by atoms with Crippen LogP contribution in [0.15, 0.2) is 36.7 Å². The van der Waals surface area contributed by atoms with Gasteiger partial charge in [0.25, 0.3) is 0 Å². The molecular weight excluding hydrogens is 262 g/mol. The number of nitrogens with one attached hydrogen (secondary N) is 1. The molecule has 0 spiro atoms. The predicted molar refractivity (Wildman–Crippen MR) is 76.6 cm³/mol. The summed E-state index contributed by atoms with van der Waals surface area (Å²) in [5.74, 6) is 0.657. The molecule has 1 aromatic carbocycles. The fourth-order valence-electron chi connectivity index (χ4n) is 1.68. The van der Waals surface area contributed by atoms with Crippen LogP contribution in [0, 0.1) is 5.41 Å². The Kier molecular flexibility index (Phi) is 3.97. The van der Waals surface area contributed by atoms with Crippen molar-refractivity contribution >= 4 is 23.4 Å². The molecule has 0 aliphatic carbocycles. The molecule has 5 nitrogen and oxygen atoms in total. The maximum atomic E-state index is 7.43. The van der Waals surface area contributed by atoms with E-state index >= 15 is 0 Å². The molecule has 0 bridgehead atoms. The first-order valence-corrected chi connectivity index (χ1v) is 6.06. The zero-order chi connectivity index (χ0) is 13.8. The third kappa shape index (κ3) is 3.42. The minimum absolute atomic E-state index is 0.0623. The summed E-state index contributed by atoms with van der Waals surface area (Å²) in [4.78, 5) is 10.2. The Morgan fingerprint density at radius 3 is 2.68 bits per heavy atom. The number of benzene rings is 1. The van der Waals surface area contributed by atoms with Gasteiger partial charge in [-0.05, 0) is 11.6 Å². The number of rotatable bonds is 4. The molecule has 0 atom stereocenters. The lowest BCUT2D eigenvalue weighted by Gasteiger charge is -2.17. The molecule has 0 unspecified atom stereocenters. The summed E-state index contributed by atoms with van der Waals surface area (Å²) < 4.78 is 0. The van der Waals surface area contributed by atoms with Crippen molar-refractivity contribution in [1.82, 2.24) is 9.97 Å². The minimum Gasteiger partial charge on any atom is -0.384 e. The molecule has 1 aromatic heterocycles. The molecule has 19 heavy (non-hydrogen) atoms. The van der Waals surface area contributed by atoms with E-state index in [1.54, 1.807) is 12.4 Å². The Balaban J connectivity index is 2.14. The second kappa shape index (κ2) is 5.67. The van der Waals surface area contributed by atoms with Gasteiger partial charge in [0.05, 0.1) is 17.4 Å². The van der Waals surface area contributed by atoms with Gasteiger partial charge in [0, 0.05) is 19.2 Å². The highest BCUT2D eigenvalue weighted by Gasteiger charge is 2.06. The van der Waals surface area contributed by atoms with Crippen LogP contribution >= 0.6 is 11.6 Å². The van der Waals surface area contributed by atoms with Crippen molar-refractivity contribution in [3.05, 3.63) is 52.8 Å². The summed E-state index contributed by atoms with van der Waals surface area (Å²) in [6, 6.07) is 7.54. The number of halogens is 1. The number of aromatic nitrogens is 2. The van der Waals surface area contributed by atoms with Crippen LogP contribution < -0.4 is 10.6 Å². The van der Waals surface area contributed by atoms with Crippen molar-refractivity contribution in [2.24, 2.45) is 5.73 Å². The number of hydrogen-bond acceptors (Lipinski definition) is 4. The molecule has 0 amide bonds. The molecule has 0 aliphatic rings. The first-order valence-electron chi connectivity index (χ1n) is 5.68. The van der Waals surface area contributed by atoms with Crippen LogP contribution in [0.25, 0.3) is 0 Å². The molecule has 98 valence electrons. The van der Waals surface area contributed by atoms with E-state index in [2.05, 4.69) is 9.97 Å². The van der Waals surface area contributed by atoms with Gasteiger partial charge in [-0.15, -0.1) is 0 Å². The topological polar surface area (TPSA) is 78.9 Å². The monoisotopic (exact) mass is 275 g/mol. The fraction of sp³-hybridized carbons (Fsp3) is 0.154. The van der Waals surface area contributed by atoms with E-state index in [1.165, 1.54) is 0 Å². The summed E-state index contributed by atoms with van der Waals surface area (Å²) in [7, 11) is 1.89. The van der Waals surface area contributed by atoms with E-state index in [4.69, 9.17) is 22.7 Å². The Morgan fingerprint density at radius 2 is 2.05 bits per heavy atom. The van der Waals surface area contributed by atoms with Gasteiger partial charge in [-0.2, -0.15) is 0 Å². The van der Waals surface area contributed by atoms with Gasteiger partial charge in [0.15, 0.2) is 0 Å². The second-order valence-electron chi connectivity index (χ2n) is 4.17. The first-order chi connectivity index (χ1) is 9.06. The van der Waals surface area contributed by atoms with E-state index in [0.717, 1.165) is 5.56 Å². The summed E-state index contributed by atoms with van der Waals surface area (Å²) >= 11 is 5.75. The van der Waals surface area contributed by atoms with E-state index < -0.39 is 0 Å². The largest absolute Gasteiger partial charge is 0.384 e. The van der Waals surface area contributed by atoms with Gasteiger partial charge in [0.1, 0.15) is 5.84 Å². The van der Waals surface area contributed by atoms with Crippen molar-refractivity contribution in [1.29, 1.82) is 5.41 Å². The van der Waals surface area contributed by atoms with Gasteiger partial charge in [-0.1, -0.05) is 29.8 Å². The summed E-state index contributed by atoms with van der Waals surface area (Å²) in [5, 5.41) is 7.94. The molecule has 2 aromatic rings. The Morgan fingerprint density at radius 1 is 1.37 bits per heavy atom. The molecular formula is C13H14ClN5. The zero-order valence-electron chi connectivity index (χ0n) is 10.5. The molecule has 3 N–H and O–H groups in total. The smallest absolute Gasteiger partial charge is 0.225 e. The molecule has 0 fully saturated rings. The van der Waals surface area contributed by atoms with Crippen LogP contribution in [-0.2, 0) is 6.54 Å². The van der Waals surface area contributed by atoms with Crippen molar-refractivity contribution < 1.29 is 0 Å². The molecule has 0 saturated heterocycles. The zero-order valence-corrected chi connectivity index (χ0v) is 11.2. The standard InChI is InChI=1S/C13H14ClN5/c1-19(13-17-6-11(14)7-18-13)8-9-3-2-4-10(5-9)12(15)16/h2-7H,8H2,1H3,(H3,15,16). The SMILES string of the molecule is CN(Cc1cccc(C(=N)N)c1)c1ncc(Cl)cn1. The maximum absolute atomic E-state index is 7.43. The van der Waals surface area contributed by atoms with E-state index in [-0.39, 0.29) is 5.84 Å². The van der Waals surface area contributed by atoms with Gasteiger partial charge >= 0.3 is 0 Å². The van der Waals surface area contributed by atoms with Gasteiger partial charge in [0.2, 0.25) is 5.95 Å². The van der Waals surface area contributed by atoms with Crippen LogP contribution in [-0.4, -0.2) is 22.9 Å². The van der Waals surface area contributed by atoms with Gasteiger partial charge in [-0.25, -0.2) is 9.97 Å². The fourth-order valence-corrected chi connectivity index (χ4v) is 1.78. The average molecular weight is 276 g/mol. The average Bonchev–Trinajstić information content (AvgIpc) is 2.39. The number of hydrogen-bond donors (Lipinski definition) is 2. The molecule has 1 heterocycles. The Hall–Kier alpha value is -2.14. The number of amidine groups is 1. The molecule has 0 radical (unpaired) electrons. The van der Waals surface area contributed by atoms with Crippen molar-refractivity contribution in [3.63, 3.8) is 0 Å². The molecule has 0 aliphatic heterocycles. The van der Waals surface area contributed by atoms with E-state index in [9.17, 15) is 0 Å². The first kappa shape index (κ1) is 13.3. The van der Waals surface area contributed by atoms with Crippen molar-refractivity contribution in [2.45, 2.75) is 6.54 Å². The summed E-state index contributed by atoms with van der Waals surface area (Å²) in [6.07, 6.45) is 3.12. The number of anilines is 1. The minimum atomic E-state index is 0.0623. The number of nitrogen functional groups attached to an aromatic ring is 1. The molecule has 0 saturated carbocycles. The molecule has 6 heteroatoms. The van der Waals surface area contributed by atoms with Gasteiger partial charge < -0.3 is 10.6 Å². The van der Waals surface area contributed by atoms with E-state index in [0.29, 0.717) is 23.1 Å². The maximum Gasteiger partial charge on any atom is 0.225 e. The summed E-state index contributed by atoms with van der Waals surface area (Å²) in [5.41, 5.74) is 7.22. The number of nitrogens with zero attached hydrogens (tertiary/aromatic N) is 3. The third-order valence-electron chi connectivity index (χ3n) is 2.61. The highest BCUT2D eigenvalue weighted by molar-refractivity contribution is 6.30. The third-order valence-corrected chi connectivity index (χ3v) is 2.80. The normalized spacial score (nSPS) is 10.2. The van der Waals surface area contributed by atoms with Crippen LogP contribution in [0.2, 0.25) is 5.02 Å². The van der Waals surface area contributed by atoms with Crippen LogP contribution in [0.5, 0.6) is 0 Å². The van der Waals surface area contributed by atoms with Crippen LogP contribution in [0.4, 0.5) is 5.95 Å². The quantitative estimate of drug-likeness (QED) is 0.661. The highest BCUT2D eigenvalue weighted by Crippen LogP contribution is 2.13. The van der Waals surface area contributed by atoms with Crippen molar-refractivity contribution in [2.75, 3.05) is 11.9 Å². The Bertz CT molecular complexity index is 582. The lowest BCUT2D eigenvalue weighted by atomic mass is 10.1. The van der Waals surface area contributed by atoms with Crippen molar-refractivity contribution in [3.8, 4) is 0 Å². The lowest BCUT2D eigenvalue weighted by molar-refractivity contribution is 0.866. The second-order valence-corrected chi connectivity index (χ2v) is 4.61. The van der Waals surface area contributed by atoms with Crippen LogP contribution in [0.3, 0.4) is 0 Å². The summed E-state index contributed by atoms with van der Waals surface area (Å²) in [6.45, 7) is 0.628. The predicted octanol–water partition coefficient (Wildman–Crippen LogP) is 2.05. The van der Waals surface area contributed by atoms with E-state index in [1.807, 2.05) is 36.2 Å².